The number of benzene rings is 2. The van der Waals surface area contributed by atoms with Crippen LogP contribution in [0.4, 0.5) is 5.69 Å². The number of nitro benzene ring substituents is 1. The molecule has 0 atom stereocenters. The molecular formula is C20H19N3O3S2. The number of aromatic nitrogens is 1. The molecule has 8 heteroatoms. The molecule has 2 aromatic carbocycles. The summed E-state index contributed by atoms with van der Waals surface area (Å²) in [5.74, 6) is -0.256. The fraction of sp³-hybridized carbons (Fsp3) is 0.200. The lowest BCUT2D eigenvalue weighted by Gasteiger charge is -2.18. The zero-order valence-electron chi connectivity index (χ0n) is 15.7. The summed E-state index contributed by atoms with van der Waals surface area (Å²) in [6, 6.07) is 12.4. The molecule has 0 aliphatic heterocycles. The number of hydrogen-bond donors (Lipinski definition) is 0. The van der Waals surface area contributed by atoms with E-state index in [0.29, 0.717) is 17.0 Å². The Morgan fingerprint density at radius 2 is 2.00 bits per heavy atom. The maximum atomic E-state index is 12.8. The van der Waals surface area contributed by atoms with Crippen LogP contribution in [0.3, 0.4) is 0 Å². The standard InChI is InChI=1S/C20H19N3O3S2/c1-13-6-4-5-7-16(13)11-22(3)19(24)15-8-9-18(17(10-15)23(25)26)28-20-21-14(2)12-27-20/h4-10,12H,11H2,1-3H3. The Labute approximate surface area is 171 Å². The van der Waals surface area contributed by atoms with Gasteiger partial charge in [0.05, 0.1) is 9.82 Å². The van der Waals surface area contributed by atoms with E-state index >= 15 is 0 Å². The molecule has 1 amide bonds. The van der Waals surface area contributed by atoms with E-state index in [2.05, 4.69) is 4.98 Å². The van der Waals surface area contributed by atoms with E-state index in [-0.39, 0.29) is 11.6 Å². The molecule has 1 heterocycles. The molecule has 0 aliphatic rings. The van der Waals surface area contributed by atoms with Gasteiger partial charge in [-0.05, 0) is 37.1 Å². The van der Waals surface area contributed by atoms with Crippen LogP contribution in [0.5, 0.6) is 0 Å². The van der Waals surface area contributed by atoms with Gasteiger partial charge in [-0.2, -0.15) is 0 Å². The third kappa shape index (κ3) is 4.58. The van der Waals surface area contributed by atoms with Gasteiger partial charge in [-0.15, -0.1) is 11.3 Å². The third-order valence-corrected chi connectivity index (χ3v) is 6.33. The van der Waals surface area contributed by atoms with Crippen molar-refractivity contribution in [1.82, 2.24) is 9.88 Å². The van der Waals surface area contributed by atoms with Gasteiger partial charge in [0.1, 0.15) is 0 Å². The van der Waals surface area contributed by atoms with Crippen molar-refractivity contribution in [1.29, 1.82) is 0 Å². The maximum Gasteiger partial charge on any atom is 0.284 e. The molecular weight excluding hydrogens is 394 g/mol. The molecule has 1 aromatic heterocycles. The van der Waals surface area contributed by atoms with Crippen LogP contribution in [-0.2, 0) is 6.54 Å². The first-order valence-corrected chi connectivity index (χ1v) is 10.2. The summed E-state index contributed by atoms with van der Waals surface area (Å²) in [6.07, 6.45) is 0. The highest BCUT2D eigenvalue weighted by Crippen LogP contribution is 2.37. The monoisotopic (exact) mass is 413 g/mol. The van der Waals surface area contributed by atoms with Crippen LogP contribution in [0, 0.1) is 24.0 Å². The summed E-state index contributed by atoms with van der Waals surface area (Å²) in [6.45, 7) is 4.31. The number of rotatable bonds is 6. The van der Waals surface area contributed by atoms with Crippen molar-refractivity contribution in [3.63, 3.8) is 0 Å². The van der Waals surface area contributed by atoms with Crippen LogP contribution in [0.2, 0.25) is 0 Å². The molecule has 0 fully saturated rings. The molecule has 0 radical (unpaired) electrons. The molecule has 0 saturated heterocycles. The van der Waals surface area contributed by atoms with Gasteiger partial charge in [-0.25, -0.2) is 4.98 Å². The van der Waals surface area contributed by atoms with Crippen LogP contribution >= 0.6 is 23.1 Å². The van der Waals surface area contributed by atoms with Gasteiger partial charge in [0.25, 0.3) is 11.6 Å². The zero-order valence-corrected chi connectivity index (χ0v) is 17.3. The highest BCUT2D eigenvalue weighted by Gasteiger charge is 2.21. The lowest BCUT2D eigenvalue weighted by molar-refractivity contribution is -0.387. The van der Waals surface area contributed by atoms with E-state index < -0.39 is 4.92 Å². The SMILES string of the molecule is Cc1csc(Sc2ccc(C(=O)N(C)Cc3ccccc3C)cc2[N+](=O)[O-])n1. The van der Waals surface area contributed by atoms with Crippen LogP contribution in [0.15, 0.2) is 57.1 Å². The molecule has 0 bridgehead atoms. The Balaban J connectivity index is 1.83. The van der Waals surface area contributed by atoms with Gasteiger partial charge in [-0.3, -0.25) is 14.9 Å². The number of carbonyl (C=O) groups is 1. The molecule has 0 N–H and O–H groups in total. The molecule has 144 valence electrons. The first kappa shape index (κ1) is 20.0. The summed E-state index contributed by atoms with van der Waals surface area (Å²) < 4.78 is 0.733. The fourth-order valence-electron chi connectivity index (χ4n) is 2.69. The van der Waals surface area contributed by atoms with Gasteiger partial charge in [0, 0.05) is 36.3 Å². The Bertz CT molecular complexity index is 1030. The molecule has 0 aliphatic carbocycles. The van der Waals surface area contributed by atoms with Crippen molar-refractivity contribution in [2.24, 2.45) is 0 Å². The Hall–Kier alpha value is -2.71. The number of aryl methyl sites for hydroxylation is 2. The van der Waals surface area contributed by atoms with E-state index in [4.69, 9.17) is 0 Å². The van der Waals surface area contributed by atoms with Crippen molar-refractivity contribution in [3.8, 4) is 0 Å². The average molecular weight is 414 g/mol. The van der Waals surface area contributed by atoms with Gasteiger partial charge < -0.3 is 4.90 Å². The summed E-state index contributed by atoms with van der Waals surface area (Å²) in [7, 11) is 1.70. The van der Waals surface area contributed by atoms with Crippen molar-refractivity contribution in [2.45, 2.75) is 29.6 Å². The topological polar surface area (TPSA) is 76.3 Å². The van der Waals surface area contributed by atoms with E-state index in [9.17, 15) is 14.9 Å². The Morgan fingerprint density at radius 3 is 2.64 bits per heavy atom. The summed E-state index contributed by atoms with van der Waals surface area (Å²) in [5, 5.41) is 13.4. The summed E-state index contributed by atoms with van der Waals surface area (Å²) >= 11 is 2.67. The smallest absolute Gasteiger partial charge is 0.284 e. The van der Waals surface area contributed by atoms with Crippen molar-refractivity contribution in [2.75, 3.05) is 7.05 Å². The summed E-state index contributed by atoms with van der Waals surface area (Å²) in [4.78, 5) is 30.3. The Kier molecular flexibility index (Phi) is 6.11. The first-order valence-electron chi connectivity index (χ1n) is 8.53. The van der Waals surface area contributed by atoms with Gasteiger partial charge >= 0.3 is 0 Å². The fourth-order valence-corrected chi connectivity index (χ4v) is 4.57. The lowest BCUT2D eigenvalue weighted by Crippen LogP contribution is -2.26. The second kappa shape index (κ2) is 8.53. The highest BCUT2D eigenvalue weighted by molar-refractivity contribution is 8.01. The largest absolute Gasteiger partial charge is 0.337 e. The van der Waals surface area contributed by atoms with Crippen molar-refractivity contribution in [3.05, 3.63) is 80.3 Å². The van der Waals surface area contributed by atoms with E-state index in [1.165, 1.54) is 29.2 Å². The molecule has 0 unspecified atom stereocenters. The second-order valence-electron chi connectivity index (χ2n) is 6.38. The van der Waals surface area contributed by atoms with Crippen LogP contribution in [0.25, 0.3) is 0 Å². The number of nitro groups is 1. The number of amides is 1. The molecule has 0 spiro atoms. The predicted octanol–water partition coefficient (Wildman–Crippen LogP) is 5.09. The second-order valence-corrected chi connectivity index (χ2v) is 8.53. The quantitative estimate of drug-likeness (QED) is 0.415. The molecule has 0 saturated carbocycles. The third-order valence-electron chi connectivity index (χ3n) is 4.21. The summed E-state index contributed by atoms with van der Waals surface area (Å²) in [5.41, 5.74) is 3.22. The number of hydrogen-bond acceptors (Lipinski definition) is 6. The minimum Gasteiger partial charge on any atom is -0.337 e. The average Bonchev–Trinajstić information content (AvgIpc) is 3.07. The van der Waals surface area contributed by atoms with Crippen molar-refractivity contribution >= 4 is 34.7 Å². The highest BCUT2D eigenvalue weighted by atomic mass is 32.2. The van der Waals surface area contributed by atoms with Crippen molar-refractivity contribution < 1.29 is 9.72 Å². The molecule has 28 heavy (non-hydrogen) atoms. The van der Waals surface area contributed by atoms with Gasteiger partial charge in [-0.1, -0.05) is 36.0 Å². The normalized spacial score (nSPS) is 10.7. The number of thiazole rings is 1. The Morgan fingerprint density at radius 1 is 1.25 bits per heavy atom. The molecule has 3 rings (SSSR count). The van der Waals surface area contributed by atoms with E-state index in [1.807, 2.05) is 43.5 Å². The number of carbonyl (C=O) groups excluding carboxylic acids is 1. The molecule has 3 aromatic rings. The first-order chi connectivity index (χ1) is 13.3. The van der Waals surface area contributed by atoms with Crippen LogP contribution < -0.4 is 0 Å². The van der Waals surface area contributed by atoms with E-state index in [0.717, 1.165) is 21.2 Å². The van der Waals surface area contributed by atoms with Gasteiger partial charge in [0.15, 0.2) is 4.34 Å². The minimum absolute atomic E-state index is 0.0898. The predicted molar refractivity (Wildman–Crippen MR) is 111 cm³/mol. The van der Waals surface area contributed by atoms with Crippen LogP contribution in [0.1, 0.15) is 27.2 Å². The number of nitrogens with zero attached hydrogens (tertiary/aromatic N) is 3. The maximum absolute atomic E-state index is 12.8. The lowest BCUT2D eigenvalue weighted by atomic mass is 10.1. The van der Waals surface area contributed by atoms with E-state index in [1.54, 1.807) is 24.1 Å². The van der Waals surface area contributed by atoms with Crippen LogP contribution in [-0.4, -0.2) is 27.8 Å². The van der Waals surface area contributed by atoms with Gasteiger partial charge in [0.2, 0.25) is 0 Å². The minimum atomic E-state index is -0.457. The zero-order chi connectivity index (χ0) is 20.3. The molecule has 6 nitrogen and oxygen atoms in total.